The van der Waals surface area contributed by atoms with Gasteiger partial charge in [-0.15, -0.1) is 0 Å². The zero-order chi connectivity index (χ0) is 23.7. The third kappa shape index (κ3) is 4.53. The standard InChI is InChI=1S/C27H33N3O3/c1-6-28-13-15-29(16-14-28)25-24(21-8-7-19(4)20(5)17-21)26(31)30(27(25)32)22-9-11-23(12-10-22)33-18(2)3/h7-12,17-18H,6,13-16H2,1-5H3. The lowest BCUT2D eigenvalue weighted by Gasteiger charge is -2.36. The van der Waals surface area contributed by atoms with Crippen LogP contribution in [0.2, 0.25) is 0 Å². The molecule has 33 heavy (non-hydrogen) atoms. The van der Waals surface area contributed by atoms with Gasteiger partial charge in [-0.05, 0) is 75.2 Å². The molecule has 0 spiro atoms. The molecule has 0 aromatic heterocycles. The second-order valence-electron chi connectivity index (χ2n) is 9.05. The Morgan fingerprint density at radius 1 is 0.879 bits per heavy atom. The van der Waals surface area contributed by atoms with Gasteiger partial charge in [-0.25, -0.2) is 4.90 Å². The van der Waals surface area contributed by atoms with E-state index >= 15 is 0 Å². The average molecular weight is 448 g/mol. The van der Waals surface area contributed by atoms with Gasteiger partial charge in [0, 0.05) is 26.2 Å². The van der Waals surface area contributed by atoms with E-state index in [2.05, 4.69) is 16.7 Å². The molecule has 2 aliphatic rings. The number of anilines is 1. The van der Waals surface area contributed by atoms with E-state index in [0.29, 0.717) is 22.7 Å². The van der Waals surface area contributed by atoms with E-state index in [1.165, 1.54) is 4.90 Å². The Labute approximate surface area is 196 Å². The molecular formula is C27H33N3O3. The average Bonchev–Trinajstić information content (AvgIpc) is 3.06. The molecule has 1 fully saturated rings. The SMILES string of the molecule is CCN1CCN(C2=C(c3ccc(C)c(C)c3)C(=O)N(c3ccc(OC(C)C)cc3)C2=O)CC1. The van der Waals surface area contributed by atoms with Crippen LogP contribution in [0.3, 0.4) is 0 Å². The van der Waals surface area contributed by atoms with Crippen LogP contribution >= 0.6 is 0 Å². The fourth-order valence-corrected chi connectivity index (χ4v) is 4.44. The van der Waals surface area contributed by atoms with Crippen LogP contribution in [0.1, 0.15) is 37.5 Å². The van der Waals surface area contributed by atoms with Crippen molar-refractivity contribution in [1.29, 1.82) is 0 Å². The summed E-state index contributed by atoms with van der Waals surface area (Å²) in [6, 6.07) is 13.2. The number of hydrogen-bond acceptors (Lipinski definition) is 5. The van der Waals surface area contributed by atoms with Crippen LogP contribution < -0.4 is 9.64 Å². The highest BCUT2D eigenvalue weighted by molar-refractivity contribution is 6.45. The van der Waals surface area contributed by atoms with Crippen molar-refractivity contribution in [1.82, 2.24) is 9.80 Å². The van der Waals surface area contributed by atoms with Crippen molar-refractivity contribution in [3.05, 3.63) is 64.9 Å². The van der Waals surface area contributed by atoms with Crippen LogP contribution in [-0.4, -0.2) is 60.4 Å². The second kappa shape index (κ2) is 9.40. The minimum Gasteiger partial charge on any atom is -0.491 e. The molecule has 2 aromatic rings. The quantitative estimate of drug-likeness (QED) is 0.627. The van der Waals surface area contributed by atoms with Gasteiger partial charge < -0.3 is 14.5 Å². The molecule has 1 saturated heterocycles. The van der Waals surface area contributed by atoms with Gasteiger partial charge in [-0.1, -0.05) is 25.1 Å². The molecule has 2 amide bonds. The van der Waals surface area contributed by atoms with Gasteiger partial charge in [0.05, 0.1) is 17.4 Å². The lowest BCUT2D eigenvalue weighted by atomic mass is 9.99. The van der Waals surface area contributed by atoms with Gasteiger partial charge in [0.1, 0.15) is 11.4 Å². The monoisotopic (exact) mass is 447 g/mol. The number of amides is 2. The normalized spacial score (nSPS) is 17.5. The van der Waals surface area contributed by atoms with Crippen molar-refractivity contribution < 1.29 is 14.3 Å². The minimum absolute atomic E-state index is 0.0531. The molecule has 2 aromatic carbocycles. The molecule has 6 nitrogen and oxygen atoms in total. The molecule has 2 heterocycles. The van der Waals surface area contributed by atoms with Gasteiger partial charge in [-0.3, -0.25) is 9.59 Å². The predicted molar refractivity (Wildman–Crippen MR) is 131 cm³/mol. The van der Waals surface area contributed by atoms with Crippen molar-refractivity contribution in [2.75, 3.05) is 37.6 Å². The van der Waals surface area contributed by atoms with E-state index in [4.69, 9.17) is 4.74 Å². The molecule has 0 saturated carbocycles. The van der Waals surface area contributed by atoms with Crippen LogP contribution in [0.25, 0.3) is 5.57 Å². The number of likely N-dealkylation sites (N-methyl/N-ethyl adjacent to an activating group) is 1. The van der Waals surface area contributed by atoms with Gasteiger partial charge in [-0.2, -0.15) is 0 Å². The zero-order valence-corrected chi connectivity index (χ0v) is 20.2. The fourth-order valence-electron chi connectivity index (χ4n) is 4.44. The predicted octanol–water partition coefficient (Wildman–Crippen LogP) is 4.01. The highest BCUT2D eigenvalue weighted by Gasteiger charge is 2.43. The zero-order valence-electron chi connectivity index (χ0n) is 20.2. The Morgan fingerprint density at radius 2 is 1.55 bits per heavy atom. The molecule has 0 aliphatic carbocycles. The molecule has 0 radical (unpaired) electrons. The molecular weight excluding hydrogens is 414 g/mol. The Bertz CT molecular complexity index is 1080. The van der Waals surface area contributed by atoms with Crippen molar-refractivity contribution in [2.45, 2.75) is 40.7 Å². The lowest BCUT2D eigenvalue weighted by molar-refractivity contribution is -0.120. The number of benzene rings is 2. The summed E-state index contributed by atoms with van der Waals surface area (Å²) in [5, 5.41) is 0. The summed E-state index contributed by atoms with van der Waals surface area (Å²) in [5.41, 5.74) is 4.63. The fraction of sp³-hybridized carbons (Fsp3) is 0.407. The van der Waals surface area contributed by atoms with E-state index in [0.717, 1.165) is 49.4 Å². The first-order valence-electron chi connectivity index (χ1n) is 11.7. The Kier molecular flexibility index (Phi) is 6.56. The van der Waals surface area contributed by atoms with Crippen LogP contribution in [-0.2, 0) is 9.59 Å². The smallest absolute Gasteiger partial charge is 0.282 e. The van der Waals surface area contributed by atoms with Crippen LogP contribution in [0, 0.1) is 13.8 Å². The first-order chi connectivity index (χ1) is 15.8. The molecule has 2 aliphatic heterocycles. The van der Waals surface area contributed by atoms with Crippen molar-refractivity contribution in [3.63, 3.8) is 0 Å². The van der Waals surface area contributed by atoms with Gasteiger partial charge in [0.15, 0.2) is 0 Å². The number of carbonyl (C=O) groups excluding carboxylic acids is 2. The van der Waals surface area contributed by atoms with E-state index in [9.17, 15) is 9.59 Å². The number of carbonyl (C=O) groups is 2. The van der Waals surface area contributed by atoms with Crippen LogP contribution in [0.5, 0.6) is 5.75 Å². The number of imide groups is 1. The molecule has 174 valence electrons. The third-order valence-corrected chi connectivity index (χ3v) is 6.46. The molecule has 0 bridgehead atoms. The number of aryl methyl sites for hydroxylation is 2. The van der Waals surface area contributed by atoms with E-state index in [1.54, 1.807) is 12.1 Å². The summed E-state index contributed by atoms with van der Waals surface area (Å²) in [6.07, 6.45) is 0.0531. The number of nitrogens with zero attached hydrogens (tertiary/aromatic N) is 3. The minimum atomic E-state index is -0.270. The summed E-state index contributed by atoms with van der Waals surface area (Å²) < 4.78 is 5.73. The second-order valence-corrected chi connectivity index (χ2v) is 9.05. The summed E-state index contributed by atoms with van der Waals surface area (Å²) >= 11 is 0. The first kappa shape index (κ1) is 23.1. The van der Waals surface area contributed by atoms with Crippen molar-refractivity contribution >= 4 is 23.1 Å². The topological polar surface area (TPSA) is 53.1 Å². The third-order valence-electron chi connectivity index (χ3n) is 6.46. The number of ether oxygens (including phenoxy) is 1. The maximum absolute atomic E-state index is 13.7. The lowest BCUT2D eigenvalue weighted by Crippen LogP contribution is -2.47. The van der Waals surface area contributed by atoms with Crippen molar-refractivity contribution in [2.24, 2.45) is 0 Å². The van der Waals surface area contributed by atoms with Crippen molar-refractivity contribution in [3.8, 4) is 5.75 Å². The Balaban J connectivity index is 1.73. The van der Waals surface area contributed by atoms with Crippen LogP contribution in [0.4, 0.5) is 5.69 Å². The number of hydrogen-bond donors (Lipinski definition) is 0. The molecule has 0 N–H and O–H groups in total. The Morgan fingerprint density at radius 3 is 2.12 bits per heavy atom. The molecule has 6 heteroatoms. The van der Waals surface area contributed by atoms with Gasteiger partial charge in [0.2, 0.25) is 0 Å². The van der Waals surface area contributed by atoms with Gasteiger partial charge >= 0.3 is 0 Å². The van der Waals surface area contributed by atoms with E-state index < -0.39 is 0 Å². The maximum Gasteiger partial charge on any atom is 0.282 e. The summed E-state index contributed by atoms with van der Waals surface area (Å²) in [7, 11) is 0. The van der Waals surface area contributed by atoms with E-state index in [-0.39, 0.29) is 17.9 Å². The molecule has 0 unspecified atom stereocenters. The van der Waals surface area contributed by atoms with Gasteiger partial charge in [0.25, 0.3) is 11.8 Å². The summed E-state index contributed by atoms with van der Waals surface area (Å²) in [4.78, 5) is 33.2. The highest BCUT2D eigenvalue weighted by Crippen LogP contribution is 2.36. The summed E-state index contributed by atoms with van der Waals surface area (Å²) in [6.45, 7) is 14.4. The molecule has 0 atom stereocenters. The van der Waals surface area contributed by atoms with Crippen LogP contribution in [0.15, 0.2) is 48.2 Å². The first-order valence-corrected chi connectivity index (χ1v) is 11.7. The summed E-state index contributed by atoms with van der Waals surface area (Å²) in [5.74, 6) is 0.190. The maximum atomic E-state index is 13.7. The van der Waals surface area contributed by atoms with E-state index in [1.807, 2.05) is 58.0 Å². The Hall–Kier alpha value is -3.12. The number of piperazine rings is 1. The highest BCUT2D eigenvalue weighted by atomic mass is 16.5. The molecule has 4 rings (SSSR count). The number of rotatable bonds is 6. The largest absolute Gasteiger partial charge is 0.491 e.